The molecular weight excluding hydrogens is 370 g/mol. The second kappa shape index (κ2) is 7.55. The Kier molecular flexibility index (Phi) is 4.78. The van der Waals surface area contributed by atoms with Crippen molar-refractivity contribution in [3.63, 3.8) is 0 Å². The molecule has 0 saturated heterocycles. The highest BCUT2D eigenvalue weighted by Crippen LogP contribution is 2.28. The van der Waals surface area contributed by atoms with E-state index in [9.17, 15) is 9.59 Å². The quantitative estimate of drug-likeness (QED) is 0.413. The molecule has 0 bridgehead atoms. The maximum atomic E-state index is 12.9. The number of benzene rings is 2. The lowest BCUT2D eigenvalue weighted by Gasteiger charge is -2.08. The van der Waals surface area contributed by atoms with Crippen molar-refractivity contribution in [3.8, 4) is 17.0 Å². The molecule has 7 heteroatoms. The van der Waals surface area contributed by atoms with Crippen LogP contribution in [0, 0.1) is 6.92 Å². The third-order valence-corrected chi connectivity index (χ3v) is 4.29. The van der Waals surface area contributed by atoms with Crippen molar-refractivity contribution in [2.75, 3.05) is 5.32 Å². The van der Waals surface area contributed by atoms with Crippen molar-refractivity contribution < 1.29 is 18.8 Å². The number of ether oxygens (including phenoxy) is 1. The Bertz CT molecular complexity index is 1200. The minimum absolute atomic E-state index is 0.176. The summed E-state index contributed by atoms with van der Waals surface area (Å²) in [6.45, 7) is 3.17. The van der Waals surface area contributed by atoms with Gasteiger partial charge in [0.05, 0.1) is 22.3 Å². The molecule has 1 N–H and O–H groups in total. The van der Waals surface area contributed by atoms with Crippen LogP contribution in [0.5, 0.6) is 5.75 Å². The summed E-state index contributed by atoms with van der Waals surface area (Å²) in [7, 11) is 0. The maximum absolute atomic E-state index is 12.9. The van der Waals surface area contributed by atoms with Crippen LogP contribution in [0.15, 0.2) is 65.2 Å². The van der Waals surface area contributed by atoms with Gasteiger partial charge in [-0.2, -0.15) is 0 Å². The summed E-state index contributed by atoms with van der Waals surface area (Å²) in [5.41, 5.74) is 3.19. The number of anilines is 1. The number of pyridine rings is 1. The van der Waals surface area contributed by atoms with Crippen LogP contribution in [0.4, 0.5) is 5.69 Å². The molecule has 2 aromatic heterocycles. The Morgan fingerprint density at radius 1 is 1.03 bits per heavy atom. The Balaban J connectivity index is 1.69. The molecule has 2 heterocycles. The van der Waals surface area contributed by atoms with E-state index < -0.39 is 5.97 Å². The van der Waals surface area contributed by atoms with Crippen molar-refractivity contribution in [2.45, 2.75) is 13.8 Å². The van der Waals surface area contributed by atoms with E-state index in [1.54, 1.807) is 37.3 Å². The zero-order chi connectivity index (χ0) is 20.4. The summed E-state index contributed by atoms with van der Waals surface area (Å²) in [4.78, 5) is 28.5. The molecule has 0 fully saturated rings. The predicted octanol–water partition coefficient (Wildman–Crippen LogP) is 4.38. The van der Waals surface area contributed by atoms with Crippen LogP contribution in [0.2, 0.25) is 0 Å². The van der Waals surface area contributed by atoms with Gasteiger partial charge in [-0.1, -0.05) is 35.5 Å². The number of nitrogens with zero attached hydrogens (tertiary/aromatic N) is 2. The molecule has 0 saturated carbocycles. The van der Waals surface area contributed by atoms with Crippen molar-refractivity contribution >= 4 is 28.7 Å². The van der Waals surface area contributed by atoms with Crippen molar-refractivity contribution in [1.82, 2.24) is 10.1 Å². The number of esters is 1. The third kappa shape index (κ3) is 3.84. The van der Waals surface area contributed by atoms with E-state index in [1.807, 2.05) is 30.3 Å². The summed E-state index contributed by atoms with van der Waals surface area (Å²) in [5.74, 6) is -0.372. The average Bonchev–Trinajstić information content (AvgIpc) is 3.10. The highest BCUT2D eigenvalue weighted by Gasteiger charge is 2.21. The lowest BCUT2D eigenvalue weighted by Crippen LogP contribution is -2.10. The molecule has 4 rings (SSSR count). The first kappa shape index (κ1) is 18.4. The van der Waals surface area contributed by atoms with Crippen LogP contribution in [-0.4, -0.2) is 22.0 Å². The molecule has 0 radical (unpaired) electrons. The number of aromatic nitrogens is 2. The molecular formula is C22H17N3O4. The monoisotopic (exact) mass is 387 g/mol. The summed E-state index contributed by atoms with van der Waals surface area (Å²) >= 11 is 0. The SMILES string of the molecule is CC(=O)Nc1ccc(OC(=O)c2cc(-c3ccccc3)nc3onc(C)c23)cc1. The van der Waals surface area contributed by atoms with Crippen molar-refractivity contribution in [3.05, 3.63) is 71.9 Å². The molecule has 0 unspecified atom stereocenters. The Labute approximate surface area is 166 Å². The molecule has 0 atom stereocenters. The van der Waals surface area contributed by atoms with Gasteiger partial charge in [0.25, 0.3) is 5.71 Å². The summed E-state index contributed by atoms with van der Waals surface area (Å²) in [6, 6.07) is 17.7. The first-order chi connectivity index (χ1) is 14.0. The van der Waals surface area contributed by atoms with Crippen LogP contribution in [-0.2, 0) is 4.79 Å². The van der Waals surface area contributed by atoms with Crippen molar-refractivity contribution in [2.24, 2.45) is 0 Å². The van der Waals surface area contributed by atoms with Gasteiger partial charge in [0.15, 0.2) is 0 Å². The van der Waals surface area contributed by atoms with E-state index in [4.69, 9.17) is 9.26 Å². The zero-order valence-electron chi connectivity index (χ0n) is 15.8. The normalized spacial score (nSPS) is 10.7. The minimum Gasteiger partial charge on any atom is -0.423 e. The molecule has 0 aliphatic heterocycles. The maximum Gasteiger partial charge on any atom is 0.344 e. The smallest absolute Gasteiger partial charge is 0.344 e. The van der Waals surface area contributed by atoms with Crippen LogP contribution in [0.25, 0.3) is 22.4 Å². The fraction of sp³-hybridized carbons (Fsp3) is 0.0909. The van der Waals surface area contributed by atoms with E-state index in [2.05, 4.69) is 15.5 Å². The fourth-order valence-corrected chi connectivity index (χ4v) is 2.98. The van der Waals surface area contributed by atoms with E-state index >= 15 is 0 Å². The lowest BCUT2D eigenvalue weighted by atomic mass is 10.1. The predicted molar refractivity (Wildman–Crippen MR) is 108 cm³/mol. The number of carbonyl (C=O) groups is 2. The molecule has 29 heavy (non-hydrogen) atoms. The molecule has 0 aliphatic carbocycles. The molecule has 4 aromatic rings. The van der Waals surface area contributed by atoms with Gasteiger partial charge in [-0.3, -0.25) is 4.79 Å². The lowest BCUT2D eigenvalue weighted by molar-refractivity contribution is -0.114. The third-order valence-electron chi connectivity index (χ3n) is 4.29. The van der Waals surface area contributed by atoms with Crippen LogP contribution < -0.4 is 10.1 Å². The standard InChI is InChI=1S/C22H17N3O4/c1-13-20-18(22(27)28-17-10-8-16(9-11-17)23-14(2)26)12-19(24-21(20)29-25-13)15-6-4-3-5-7-15/h3-12H,1-2H3,(H,23,26). The van der Waals surface area contributed by atoms with E-state index in [0.29, 0.717) is 33.8 Å². The van der Waals surface area contributed by atoms with Crippen molar-refractivity contribution in [1.29, 1.82) is 0 Å². The highest BCUT2D eigenvalue weighted by atomic mass is 16.5. The van der Waals surface area contributed by atoms with Gasteiger partial charge in [0, 0.05) is 18.2 Å². The highest BCUT2D eigenvalue weighted by molar-refractivity contribution is 6.05. The molecule has 7 nitrogen and oxygen atoms in total. The Morgan fingerprint density at radius 2 is 1.76 bits per heavy atom. The van der Waals surface area contributed by atoms with Crippen LogP contribution >= 0.6 is 0 Å². The fourth-order valence-electron chi connectivity index (χ4n) is 2.98. The largest absolute Gasteiger partial charge is 0.423 e. The van der Waals surface area contributed by atoms with Gasteiger partial charge < -0.3 is 14.6 Å². The number of rotatable bonds is 4. The number of hydrogen-bond acceptors (Lipinski definition) is 6. The minimum atomic E-state index is -0.548. The molecule has 0 spiro atoms. The number of fused-ring (bicyclic) bond motifs is 1. The van der Waals surface area contributed by atoms with Gasteiger partial charge in [-0.05, 0) is 37.3 Å². The first-order valence-corrected chi connectivity index (χ1v) is 8.93. The second-order valence-electron chi connectivity index (χ2n) is 6.46. The Morgan fingerprint density at radius 3 is 2.45 bits per heavy atom. The van der Waals surface area contributed by atoms with E-state index in [-0.39, 0.29) is 11.6 Å². The van der Waals surface area contributed by atoms with E-state index in [0.717, 1.165) is 5.56 Å². The average molecular weight is 387 g/mol. The number of aryl methyl sites for hydroxylation is 1. The van der Waals surface area contributed by atoms with Crippen LogP contribution in [0.3, 0.4) is 0 Å². The Hall–Kier alpha value is -4.00. The molecule has 2 aromatic carbocycles. The number of amides is 1. The number of carbonyl (C=O) groups excluding carboxylic acids is 2. The van der Waals surface area contributed by atoms with E-state index in [1.165, 1.54) is 6.92 Å². The number of nitrogens with one attached hydrogen (secondary N) is 1. The van der Waals surface area contributed by atoms with Gasteiger partial charge in [-0.25, -0.2) is 9.78 Å². The summed E-state index contributed by atoms with van der Waals surface area (Å²) in [6.07, 6.45) is 0. The summed E-state index contributed by atoms with van der Waals surface area (Å²) < 4.78 is 10.8. The van der Waals surface area contributed by atoms with Gasteiger partial charge >= 0.3 is 5.97 Å². The second-order valence-corrected chi connectivity index (χ2v) is 6.46. The van der Waals surface area contributed by atoms with Gasteiger partial charge in [-0.15, -0.1) is 0 Å². The molecule has 0 aliphatic rings. The zero-order valence-corrected chi connectivity index (χ0v) is 15.8. The summed E-state index contributed by atoms with van der Waals surface area (Å²) in [5, 5.41) is 7.11. The van der Waals surface area contributed by atoms with Crippen LogP contribution in [0.1, 0.15) is 23.0 Å². The molecule has 144 valence electrons. The molecule has 1 amide bonds. The topological polar surface area (TPSA) is 94.3 Å². The van der Waals surface area contributed by atoms with Gasteiger partial charge in [0.1, 0.15) is 5.75 Å². The first-order valence-electron chi connectivity index (χ1n) is 8.93. The number of hydrogen-bond donors (Lipinski definition) is 1. The van der Waals surface area contributed by atoms with Gasteiger partial charge in [0.2, 0.25) is 5.91 Å².